The Kier molecular flexibility index (Phi) is 4.49. The van der Waals surface area contributed by atoms with Crippen molar-refractivity contribution in [1.29, 1.82) is 0 Å². The number of benzene rings is 1. The molecular weight excluding hydrogens is 209 g/mol. The molecule has 3 nitrogen and oxygen atoms in total. The third-order valence-electron chi connectivity index (χ3n) is 1.91. The normalized spacial score (nSPS) is 9.19. The number of rotatable bonds is 2. The maximum atomic E-state index is 13.4. The molecule has 0 heterocycles. The summed E-state index contributed by atoms with van der Waals surface area (Å²) in [7, 11) is 1.44. The lowest BCUT2D eigenvalue weighted by Crippen LogP contribution is -2.19. The molecule has 0 bridgehead atoms. The predicted octanol–water partition coefficient (Wildman–Crippen LogP) is 0.919. The number of nitrogens with one attached hydrogen (secondary N) is 1. The summed E-state index contributed by atoms with van der Waals surface area (Å²) >= 11 is 0. The lowest BCUT2D eigenvalue weighted by atomic mass is 10.1. The minimum atomic E-state index is -0.602. The van der Waals surface area contributed by atoms with Crippen LogP contribution in [0.15, 0.2) is 18.2 Å². The first-order valence-electron chi connectivity index (χ1n) is 4.80. The molecule has 0 fully saturated rings. The molecule has 0 aliphatic rings. The van der Waals surface area contributed by atoms with E-state index in [0.29, 0.717) is 12.0 Å². The minimum Gasteiger partial charge on any atom is -0.395 e. The Morgan fingerprint density at radius 2 is 2.31 bits per heavy atom. The SMILES string of the molecule is CNC(=O)c1ccc(C#CCCO)cc1F. The molecule has 0 aliphatic heterocycles. The molecule has 0 aliphatic carbocycles. The highest BCUT2D eigenvalue weighted by Gasteiger charge is 2.09. The highest BCUT2D eigenvalue weighted by molar-refractivity contribution is 5.94. The average molecular weight is 221 g/mol. The fourth-order valence-electron chi connectivity index (χ4n) is 1.13. The molecule has 0 spiro atoms. The number of hydrogen-bond acceptors (Lipinski definition) is 2. The summed E-state index contributed by atoms with van der Waals surface area (Å²) in [6, 6.07) is 4.16. The van der Waals surface area contributed by atoms with Crippen LogP contribution < -0.4 is 5.32 Å². The third kappa shape index (κ3) is 3.07. The smallest absolute Gasteiger partial charge is 0.253 e. The highest BCUT2D eigenvalue weighted by atomic mass is 19.1. The van der Waals surface area contributed by atoms with Crippen LogP contribution in [0.4, 0.5) is 4.39 Å². The largest absolute Gasteiger partial charge is 0.395 e. The quantitative estimate of drug-likeness (QED) is 0.729. The van der Waals surface area contributed by atoms with Gasteiger partial charge in [0, 0.05) is 19.0 Å². The second-order valence-corrected chi connectivity index (χ2v) is 3.05. The van der Waals surface area contributed by atoms with Crippen molar-refractivity contribution in [2.75, 3.05) is 13.7 Å². The van der Waals surface area contributed by atoms with E-state index in [1.165, 1.54) is 19.2 Å². The molecule has 0 radical (unpaired) electrons. The summed E-state index contributed by atoms with van der Waals surface area (Å²) in [5.74, 6) is 4.30. The first-order chi connectivity index (χ1) is 7.69. The molecule has 0 atom stereocenters. The van der Waals surface area contributed by atoms with Crippen LogP contribution >= 0.6 is 0 Å². The Hall–Kier alpha value is -1.86. The number of carbonyl (C=O) groups excluding carboxylic acids is 1. The Morgan fingerprint density at radius 3 is 2.88 bits per heavy atom. The van der Waals surface area contributed by atoms with Gasteiger partial charge < -0.3 is 10.4 Å². The van der Waals surface area contributed by atoms with Gasteiger partial charge in [0.2, 0.25) is 0 Å². The second kappa shape index (κ2) is 5.89. The van der Waals surface area contributed by atoms with Gasteiger partial charge in [0.15, 0.2) is 0 Å². The van der Waals surface area contributed by atoms with Gasteiger partial charge in [-0.05, 0) is 18.2 Å². The van der Waals surface area contributed by atoms with E-state index in [-0.39, 0.29) is 12.2 Å². The number of hydrogen-bond donors (Lipinski definition) is 2. The molecule has 1 rings (SSSR count). The van der Waals surface area contributed by atoms with Crippen LogP contribution in [-0.4, -0.2) is 24.7 Å². The predicted molar refractivity (Wildman–Crippen MR) is 58.4 cm³/mol. The molecule has 16 heavy (non-hydrogen) atoms. The Balaban J connectivity index is 2.92. The Bertz CT molecular complexity index is 446. The van der Waals surface area contributed by atoms with Crippen LogP contribution in [-0.2, 0) is 0 Å². The Labute approximate surface area is 93.3 Å². The van der Waals surface area contributed by atoms with E-state index in [1.807, 2.05) is 0 Å². The second-order valence-electron chi connectivity index (χ2n) is 3.05. The monoisotopic (exact) mass is 221 g/mol. The van der Waals surface area contributed by atoms with Crippen molar-refractivity contribution < 1.29 is 14.3 Å². The van der Waals surface area contributed by atoms with Gasteiger partial charge in [0.05, 0.1) is 12.2 Å². The number of carbonyl (C=O) groups is 1. The number of aliphatic hydroxyl groups is 1. The standard InChI is InChI=1S/C12H12FNO2/c1-14-12(16)10-6-5-9(8-11(10)13)4-2-3-7-15/h5-6,8,15H,3,7H2,1H3,(H,14,16). The van der Waals surface area contributed by atoms with Crippen LogP contribution in [0.1, 0.15) is 22.3 Å². The maximum Gasteiger partial charge on any atom is 0.253 e. The molecule has 0 saturated carbocycles. The first kappa shape index (κ1) is 12.2. The van der Waals surface area contributed by atoms with E-state index >= 15 is 0 Å². The zero-order valence-electron chi connectivity index (χ0n) is 8.88. The zero-order valence-corrected chi connectivity index (χ0v) is 8.88. The van der Waals surface area contributed by atoms with E-state index in [1.54, 1.807) is 6.07 Å². The number of aliphatic hydroxyl groups excluding tert-OH is 1. The summed E-state index contributed by atoms with van der Waals surface area (Å²) in [6.45, 7) is -0.0220. The molecule has 0 saturated heterocycles. The van der Waals surface area contributed by atoms with Crippen molar-refractivity contribution >= 4 is 5.91 Å². The number of amides is 1. The molecule has 84 valence electrons. The van der Waals surface area contributed by atoms with Crippen molar-refractivity contribution in [3.8, 4) is 11.8 Å². The molecule has 2 N–H and O–H groups in total. The molecule has 1 aromatic rings. The van der Waals surface area contributed by atoms with Crippen molar-refractivity contribution in [2.24, 2.45) is 0 Å². The van der Waals surface area contributed by atoms with E-state index in [0.717, 1.165) is 0 Å². The van der Waals surface area contributed by atoms with Crippen molar-refractivity contribution in [3.63, 3.8) is 0 Å². The molecule has 1 aromatic carbocycles. The molecule has 4 heteroatoms. The van der Waals surface area contributed by atoms with Crippen molar-refractivity contribution in [3.05, 3.63) is 35.1 Å². The lowest BCUT2D eigenvalue weighted by Gasteiger charge is -2.01. The van der Waals surface area contributed by atoms with Gasteiger partial charge in [-0.3, -0.25) is 4.79 Å². The van der Waals surface area contributed by atoms with E-state index in [2.05, 4.69) is 17.2 Å². The average Bonchev–Trinajstić information content (AvgIpc) is 2.29. The van der Waals surface area contributed by atoms with E-state index in [4.69, 9.17) is 5.11 Å². The van der Waals surface area contributed by atoms with Gasteiger partial charge >= 0.3 is 0 Å². The van der Waals surface area contributed by atoms with Gasteiger partial charge in [-0.25, -0.2) is 4.39 Å². The number of halogens is 1. The summed E-state index contributed by atoms with van der Waals surface area (Å²) in [4.78, 5) is 11.2. The highest BCUT2D eigenvalue weighted by Crippen LogP contribution is 2.09. The minimum absolute atomic E-state index is 0.00444. The lowest BCUT2D eigenvalue weighted by molar-refractivity contribution is 0.0959. The molecule has 0 aromatic heterocycles. The van der Waals surface area contributed by atoms with Gasteiger partial charge in [-0.2, -0.15) is 0 Å². The van der Waals surface area contributed by atoms with Crippen molar-refractivity contribution in [1.82, 2.24) is 5.32 Å². The van der Waals surface area contributed by atoms with E-state index < -0.39 is 11.7 Å². The van der Waals surface area contributed by atoms with Crippen LogP contribution in [0.2, 0.25) is 0 Å². The maximum absolute atomic E-state index is 13.4. The summed E-state index contributed by atoms with van der Waals surface area (Å²) in [5.41, 5.74) is 0.480. The third-order valence-corrected chi connectivity index (χ3v) is 1.91. The van der Waals surface area contributed by atoms with E-state index in [9.17, 15) is 9.18 Å². The van der Waals surface area contributed by atoms with Crippen molar-refractivity contribution in [2.45, 2.75) is 6.42 Å². The van der Waals surface area contributed by atoms with Crippen LogP contribution in [0.3, 0.4) is 0 Å². The summed E-state index contributed by atoms with van der Waals surface area (Å²) < 4.78 is 13.4. The van der Waals surface area contributed by atoms with Gasteiger partial charge in [-0.1, -0.05) is 11.8 Å². The molecule has 1 amide bonds. The topological polar surface area (TPSA) is 49.3 Å². The van der Waals surface area contributed by atoms with Crippen LogP contribution in [0, 0.1) is 17.7 Å². The van der Waals surface area contributed by atoms with Gasteiger partial charge in [0.1, 0.15) is 5.82 Å². The van der Waals surface area contributed by atoms with Crippen LogP contribution in [0.5, 0.6) is 0 Å². The van der Waals surface area contributed by atoms with Crippen LogP contribution in [0.25, 0.3) is 0 Å². The summed E-state index contributed by atoms with van der Waals surface area (Å²) in [6.07, 6.45) is 0.346. The summed E-state index contributed by atoms with van der Waals surface area (Å²) in [5, 5.41) is 10.9. The molecule has 0 unspecified atom stereocenters. The first-order valence-corrected chi connectivity index (χ1v) is 4.80. The van der Waals surface area contributed by atoms with Gasteiger partial charge in [0.25, 0.3) is 5.91 Å². The fraction of sp³-hybridized carbons (Fsp3) is 0.250. The zero-order chi connectivity index (χ0) is 12.0. The van der Waals surface area contributed by atoms with Gasteiger partial charge in [-0.15, -0.1) is 0 Å². The molecular formula is C12H12FNO2. The fourth-order valence-corrected chi connectivity index (χ4v) is 1.13. The Morgan fingerprint density at radius 1 is 1.56 bits per heavy atom.